The van der Waals surface area contributed by atoms with Crippen LogP contribution >= 0.6 is 0 Å². The molecule has 0 radical (unpaired) electrons. The van der Waals surface area contributed by atoms with Gasteiger partial charge in [-0.3, -0.25) is 0 Å². The summed E-state index contributed by atoms with van der Waals surface area (Å²) in [6.45, 7) is 3.12. The van der Waals surface area contributed by atoms with E-state index in [9.17, 15) is 4.39 Å². The Morgan fingerprint density at radius 2 is 2.27 bits per heavy atom. The van der Waals surface area contributed by atoms with Gasteiger partial charge in [-0.25, -0.2) is 4.39 Å². The second-order valence-electron chi connectivity index (χ2n) is 2.10. The van der Waals surface area contributed by atoms with E-state index in [1.54, 1.807) is 18.2 Å². The molecule has 2 heteroatoms. The molecule has 1 aromatic rings. The molecule has 0 unspecified atom stereocenters. The highest BCUT2D eigenvalue weighted by Gasteiger charge is 1.96. The van der Waals surface area contributed by atoms with Crippen molar-refractivity contribution in [1.82, 2.24) is 0 Å². The first-order valence-corrected chi connectivity index (χ1v) is 3.09. The second kappa shape index (κ2) is 2.98. The molecule has 0 N–H and O–H groups in total. The van der Waals surface area contributed by atoms with E-state index in [1.165, 1.54) is 6.07 Å². The maximum absolute atomic E-state index is 12.4. The predicted molar refractivity (Wildman–Crippen MR) is 41.3 cm³/mol. The van der Waals surface area contributed by atoms with E-state index >= 15 is 0 Å². The van der Waals surface area contributed by atoms with E-state index in [-0.39, 0.29) is 0 Å². The maximum Gasteiger partial charge on any atom is 0.123 e. The highest BCUT2D eigenvalue weighted by molar-refractivity contribution is 5.58. The predicted octanol–water partition coefficient (Wildman–Crippen LogP) is 2.50. The van der Waals surface area contributed by atoms with Gasteiger partial charge in [-0.2, -0.15) is 5.26 Å². The van der Waals surface area contributed by atoms with Crippen LogP contribution in [-0.4, -0.2) is 0 Å². The van der Waals surface area contributed by atoms with Crippen molar-refractivity contribution in [3.05, 3.63) is 42.0 Å². The molecule has 1 rings (SSSR count). The van der Waals surface area contributed by atoms with Crippen molar-refractivity contribution >= 4 is 5.83 Å². The molecule has 1 aromatic carbocycles. The minimum Gasteiger partial charge on any atom is -0.207 e. The molecule has 0 saturated carbocycles. The fraction of sp³-hybridized carbons (Fsp3) is 0. The Morgan fingerprint density at radius 3 is 2.82 bits per heavy atom. The molecule has 0 aliphatic rings. The molecular weight excluding hydrogens is 141 g/mol. The largest absolute Gasteiger partial charge is 0.207 e. The Morgan fingerprint density at radius 1 is 1.55 bits per heavy atom. The van der Waals surface area contributed by atoms with Gasteiger partial charge in [-0.1, -0.05) is 18.7 Å². The molecule has 0 aliphatic heterocycles. The zero-order valence-corrected chi connectivity index (χ0v) is 5.84. The lowest BCUT2D eigenvalue weighted by atomic mass is 10.1. The van der Waals surface area contributed by atoms with Gasteiger partial charge >= 0.3 is 0 Å². The monoisotopic (exact) mass is 147 g/mol. The van der Waals surface area contributed by atoms with Gasteiger partial charge in [0.15, 0.2) is 0 Å². The summed E-state index contributed by atoms with van der Waals surface area (Å²) in [6.07, 6.45) is 0. The Kier molecular flexibility index (Phi) is 2.03. The summed E-state index contributed by atoms with van der Waals surface area (Å²) in [4.78, 5) is 0. The van der Waals surface area contributed by atoms with Crippen molar-refractivity contribution in [2.45, 2.75) is 0 Å². The van der Waals surface area contributed by atoms with E-state index in [0.29, 0.717) is 11.1 Å². The molecule has 11 heavy (non-hydrogen) atoms. The summed E-state index contributed by atoms with van der Waals surface area (Å²) in [5.74, 6) is -0.512. The molecule has 1 nitrogen and oxygen atoms in total. The number of halogens is 1. The van der Waals surface area contributed by atoms with E-state index < -0.39 is 5.83 Å². The topological polar surface area (TPSA) is 23.8 Å². The lowest BCUT2D eigenvalue weighted by Gasteiger charge is -1.94. The number of nitrogens with zero attached hydrogens (tertiary/aromatic N) is 1. The average molecular weight is 147 g/mol. The Balaban J connectivity index is 3.13. The summed E-state index contributed by atoms with van der Waals surface area (Å²) < 4.78 is 12.4. The van der Waals surface area contributed by atoms with Gasteiger partial charge in [0.1, 0.15) is 5.83 Å². The molecular formula is C9H6FN. The standard InChI is InChI=1S/C9H6FN/c1-7(10)9-4-2-3-8(5-9)6-11/h2-5H,1H2. The van der Waals surface area contributed by atoms with Crippen molar-refractivity contribution in [3.63, 3.8) is 0 Å². The Hall–Kier alpha value is -1.62. The lowest BCUT2D eigenvalue weighted by Crippen LogP contribution is -1.78. The number of hydrogen-bond acceptors (Lipinski definition) is 1. The van der Waals surface area contributed by atoms with E-state index in [4.69, 9.17) is 5.26 Å². The number of hydrogen-bond donors (Lipinski definition) is 0. The van der Waals surface area contributed by atoms with Crippen molar-refractivity contribution in [2.75, 3.05) is 0 Å². The lowest BCUT2D eigenvalue weighted by molar-refractivity contribution is 0.763. The highest BCUT2D eigenvalue weighted by atomic mass is 19.1. The summed E-state index contributed by atoms with van der Waals surface area (Å²) in [5.41, 5.74) is 0.811. The molecule has 0 saturated heterocycles. The average Bonchev–Trinajstić information content (AvgIpc) is 2.05. The summed E-state index contributed by atoms with van der Waals surface area (Å²) in [7, 11) is 0. The van der Waals surface area contributed by atoms with Crippen molar-refractivity contribution in [2.24, 2.45) is 0 Å². The van der Waals surface area contributed by atoms with Crippen LogP contribution in [0.5, 0.6) is 0 Å². The van der Waals surface area contributed by atoms with Gasteiger partial charge in [0.25, 0.3) is 0 Å². The van der Waals surface area contributed by atoms with Crippen LogP contribution in [0.1, 0.15) is 11.1 Å². The summed E-state index contributed by atoms with van der Waals surface area (Å²) >= 11 is 0. The zero-order valence-electron chi connectivity index (χ0n) is 5.84. The van der Waals surface area contributed by atoms with Crippen LogP contribution in [0.25, 0.3) is 5.83 Å². The molecule has 0 heterocycles. The van der Waals surface area contributed by atoms with E-state index in [1.807, 2.05) is 6.07 Å². The molecule has 0 aromatic heterocycles. The third-order valence-electron chi connectivity index (χ3n) is 1.30. The first-order chi connectivity index (χ1) is 5.24. The third kappa shape index (κ3) is 1.65. The zero-order chi connectivity index (χ0) is 8.27. The Labute approximate surface area is 64.4 Å². The fourth-order valence-corrected chi connectivity index (χ4v) is 0.757. The van der Waals surface area contributed by atoms with Crippen LogP contribution in [0.2, 0.25) is 0 Å². The van der Waals surface area contributed by atoms with Gasteiger partial charge < -0.3 is 0 Å². The van der Waals surface area contributed by atoms with Gasteiger partial charge in [0, 0.05) is 5.56 Å². The fourth-order valence-electron chi connectivity index (χ4n) is 0.757. The molecule has 0 spiro atoms. The van der Waals surface area contributed by atoms with Gasteiger partial charge in [0.05, 0.1) is 11.6 Å². The van der Waals surface area contributed by atoms with Crippen molar-refractivity contribution in [3.8, 4) is 6.07 Å². The number of nitriles is 1. The first-order valence-electron chi connectivity index (χ1n) is 3.09. The SMILES string of the molecule is C=C(F)c1cccc(C#N)c1. The number of benzene rings is 1. The highest BCUT2D eigenvalue weighted by Crippen LogP contribution is 2.13. The van der Waals surface area contributed by atoms with Crippen molar-refractivity contribution in [1.29, 1.82) is 5.26 Å². The molecule has 0 amide bonds. The third-order valence-corrected chi connectivity index (χ3v) is 1.30. The first kappa shape index (κ1) is 7.49. The van der Waals surface area contributed by atoms with Crippen LogP contribution in [0.15, 0.2) is 30.8 Å². The van der Waals surface area contributed by atoms with Gasteiger partial charge in [0.2, 0.25) is 0 Å². The van der Waals surface area contributed by atoms with E-state index in [2.05, 4.69) is 6.58 Å². The van der Waals surface area contributed by atoms with Crippen LogP contribution < -0.4 is 0 Å². The van der Waals surface area contributed by atoms with Crippen LogP contribution in [0.4, 0.5) is 4.39 Å². The van der Waals surface area contributed by atoms with Crippen LogP contribution in [0.3, 0.4) is 0 Å². The summed E-state index contributed by atoms with van der Waals surface area (Å²) in [5, 5.41) is 8.44. The Bertz CT molecular complexity index is 323. The molecule has 0 aliphatic carbocycles. The minimum atomic E-state index is -0.512. The van der Waals surface area contributed by atoms with Crippen molar-refractivity contribution < 1.29 is 4.39 Å². The molecule has 0 atom stereocenters. The quantitative estimate of drug-likeness (QED) is 0.598. The smallest absolute Gasteiger partial charge is 0.123 e. The molecule has 0 fully saturated rings. The summed E-state index contributed by atoms with van der Waals surface area (Å²) in [6, 6.07) is 8.19. The van der Waals surface area contributed by atoms with Gasteiger partial charge in [-0.15, -0.1) is 0 Å². The van der Waals surface area contributed by atoms with Crippen LogP contribution in [0, 0.1) is 11.3 Å². The minimum absolute atomic E-state index is 0.365. The number of rotatable bonds is 1. The maximum atomic E-state index is 12.4. The van der Waals surface area contributed by atoms with E-state index in [0.717, 1.165) is 0 Å². The molecule has 0 bridgehead atoms. The van der Waals surface area contributed by atoms with Gasteiger partial charge in [-0.05, 0) is 12.1 Å². The normalized spacial score (nSPS) is 8.73. The van der Waals surface area contributed by atoms with Crippen LogP contribution in [-0.2, 0) is 0 Å². The second-order valence-corrected chi connectivity index (χ2v) is 2.10. The molecule has 54 valence electrons.